The summed E-state index contributed by atoms with van der Waals surface area (Å²) in [4.78, 5) is 11.6. The van der Waals surface area contributed by atoms with E-state index in [-0.39, 0.29) is 6.10 Å². The number of aryl methyl sites for hydroxylation is 1. The summed E-state index contributed by atoms with van der Waals surface area (Å²) in [5.74, 6) is -1.06. The highest BCUT2D eigenvalue weighted by Gasteiger charge is 2.38. The molecule has 0 aromatic carbocycles. The van der Waals surface area contributed by atoms with Crippen molar-refractivity contribution in [1.82, 2.24) is 14.7 Å². The first kappa shape index (κ1) is 22.7. The number of carboxylic acids is 1. The molecule has 9 heteroatoms. The zero-order valence-corrected chi connectivity index (χ0v) is 16.0. The Labute approximate surface area is 163 Å². The standard InChI is InChI=1S/C17H29N3O.C2HF3O2/c21-17-4-2-16(3-5-17)14-19-11-6-15(7-12-19)8-13-20-10-1-9-18-20;3-2(4,5)1(6)7/h1,9-10,15-17,21H,2-8,11-14H2;(H,6,7). The average Bonchev–Trinajstić information content (AvgIpc) is 3.16. The maximum absolute atomic E-state index is 10.6. The van der Waals surface area contributed by atoms with Crippen molar-refractivity contribution in [3.05, 3.63) is 18.5 Å². The Morgan fingerprint density at radius 1 is 1.07 bits per heavy atom. The van der Waals surface area contributed by atoms with Gasteiger partial charge in [0, 0.05) is 25.5 Å². The fraction of sp³-hybridized carbons (Fsp3) is 0.789. The summed E-state index contributed by atoms with van der Waals surface area (Å²) in [6, 6.07) is 2.00. The number of hydrogen-bond donors (Lipinski definition) is 2. The Morgan fingerprint density at radius 2 is 1.68 bits per heavy atom. The molecule has 6 nitrogen and oxygen atoms in total. The van der Waals surface area contributed by atoms with Crippen LogP contribution in [-0.4, -0.2) is 62.8 Å². The molecule has 1 aromatic rings. The molecule has 1 aliphatic heterocycles. The maximum Gasteiger partial charge on any atom is 0.490 e. The van der Waals surface area contributed by atoms with Crippen LogP contribution in [0.3, 0.4) is 0 Å². The first-order valence-electron chi connectivity index (χ1n) is 9.92. The van der Waals surface area contributed by atoms with Crippen molar-refractivity contribution in [2.45, 2.75) is 63.8 Å². The van der Waals surface area contributed by atoms with Crippen molar-refractivity contribution >= 4 is 5.97 Å². The van der Waals surface area contributed by atoms with Crippen LogP contribution >= 0.6 is 0 Å². The van der Waals surface area contributed by atoms with Gasteiger partial charge < -0.3 is 15.1 Å². The molecule has 1 aliphatic carbocycles. The first-order chi connectivity index (χ1) is 13.2. The third-order valence-corrected chi connectivity index (χ3v) is 5.61. The van der Waals surface area contributed by atoms with Crippen LogP contribution in [0.2, 0.25) is 0 Å². The Morgan fingerprint density at radius 3 is 2.18 bits per heavy atom. The molecule has 2 fully saturated rings. The summed E-state index contributed by atoms with van der Waals surface area (Å²) in [6.07, 6.45) is 7.26. The molecule has 0 bridgehead atoms. The molecule has 1 saturated heterocycles. The Balaban J connectivity index is 0.000000345. The van der Waals surface area contributed by atoms with E-state index < -0.39 is 12.1 Å². The normalized spacial score (nSPS) is 24.4. The van der Waals surface area contributed by atoms with Gasteiger partial charge in [-0.05, 0) is 75.9 Å². The molecule has 1 aromatic heterocycles. The molecule has 2 N–H and O–H groups in total. The van der Waals surface area contributed by atoms with Gasteiger partial charge in [-0.1, -0.05) is 0 Å². The minimum absolute atomic E-state index is 0.0192. The van der Waals surface area contributed by atoms with Crippen LogP contribution in [0.5, 0.6) is 0 Å². The maximum atomic E-state index is 10.6. The van der Waals surface area contributed by atoms with Gasteiger partial charge in [0.2, 0.25) is 0 Å². The molecule has 0 atom stereocenters. The lowest BCUT2D eigenvalue weighted by Crippen LogP contribution is -2.38. The monoisotopic (exact) mass is 405 g/mol. The van der Waals surface area contributed by atoms with Gasteiger partial charge in [-0.2, -0.15) is 18.3 Å². The van der Waals surface area contributed by atoms with Gasteiger partial charge in [0.05, 0.1) is 6.10 Å². The molecule has 3 rings (SSSR count). The topological polar surface area (TPSA) is 78.6 Å². The highest BCUT2D eigenvalue weighted by atomic mass is 19.4. The quantitative estimate of drug-likeness (QED) is 0.787. The van der Waals surface area contributed by atoms with Gasteiger partial charge in [0.1, 0.15) is 0 Å². The van der Waals surface area contributed by atoms with Crippen molar-refractivity contribution in [3.8, 4) is 0 Å². The Bertz CT molecular complexity index is 565. The highest BCUT2D eigenvalue weighted by molar-refractivity contribution is 5.73. The van der Waals surface area contributed by atoms with Gasteiger partial charge in [-0.15, -0.1) is 0 Å². The molecule has 2 aliphatic rings. The van der Waals surface area contributed by atoms with Crippen molar-refractivity contribution in [1.29, 1.82) is 0 Å². The summed E-state index contributed by atoms with van der Waals surface area (Å²) in [5, 5.41) is 21.0. The van der Waals surface area contributed by atoms with E-state index in [0.29, 0.717) is 0 Å². The van der Waals surface area contributed by atoms with Crippen LogP contribution in [0.4, 0.5) is 13.2 Å². The number of carboxylic acid groups (broad SMARTS) is 1. The summed E-state index contributed by atoms with van der Waals surface area (Å²) in [6.45, 7) is 4.86. The summed E-state index contributed by atoms with van der Waals surface area (Å²) in [7, 11) is 0. The lowest BCUT2D eigenvalue weighted by atomic mass is 9.86. The molecule has 0 spiro atoms. The average molecular weight is 405 g/mol. The third-order valence-electron chi connectivity index (χ3n) is 5.61. The van der Waals surface area contributed by atoms with Crippen molar-refractivity contribution < 1.29 is 28.2 Å². The molecule has 28 heavy (non-hydrogen) atoms. The van der Waals surface area contributed by atoms with E-state index >= 15 is 0 Å². The second-order valence-corrected chi connectivity index (χ2v) is 7.78. The van der Waals surface area contributed by atoms with Crippen molar-refractivity contribution in [3.63, 3.8) is 0 Å². The number of aromatic nitrogens is 2. The minimum atomic E-state index is -5.08. The number of likely N-dealkylation sites (tertiary alicyclic amines) is 1. The van der Waals surface area contributed by atoms with Crippen LogP contribution in [0.1, 0.15) is 44.9 Å². The van der Waals surface area contributed by atoms with Gasteiger partial charge in [-0.25, -0.2) is 4.79 Å². The summed E-state index contributed by atoms with van der Waals surface area (Å²) >= 11 is 0. The number of piperidine rings is 1. The number of aliphatic hydroxyl groups is 1. The van der Waals surface area contributed by atoms with E-state index in [1.165, 1.54) is 51.7 Å². The van der Waals surface area contributed by atoms with Gasteiger partial charge in [0.15, 0.2) is 0 Å². The second-order valence-electron chi connectivity index (χ2n) is 7.78. The van der Waals surface area contributed by atoms with Gasteiger partial charge >= 0.3 is 12.1 Å². The zero-order chi connectivity index (χ0) is 20.6. The van der Waals surface area contributed by atoms with Crippen LogP contribution < -0.4 is 0 Å². The lowest BCUT2D eigenvalue weighted by Gasteiger charge is -2.36. The summed E-state index contributed by atoms with van der Waals surface area (Å²) in [5.41, 5.74) is 0. The molecule has 0 radical (unpaired) electrons. The molecule has 0 amide bonds. The highest BCUT2D eigenvalue weighted by Crippen LogP contribution is 2.27. The van der Waals surface area contributed by atoms with E-state index in [1.54, 1.807) is 0 Å². The number of alkyl halides is 3. The number of hydrogen-bond acceptors (Lipinski definition) is 4. The van der Waals surface area contributed by atoms with Crippen molar-refractivity contribution in [2.75, 3.05) is 19.6 Å². The Hall–Kier alpha value is -1.61. The molecular weight excluding hydrogens is 375 g/mol. The van der Waals surface area contributed by atoms with Crippen LogP contribution in [-0.2, 0) is 11.3 Å². The van der Waals surface area contributed by atoms with Gasteiger partial charge in [-0.3, -0.25) is 4.68 Å². The predicted molar refractivity (Wildman–Crippen MR) is 97.7 cm³/mol. The minimum Gasteiger partial charge on any atom is -0.475 e. The molecular formula is C19H30F3N3O3. The smallest absolute Gasteiger partial charge is 0.475 e. The van der Waals surface area contributed by atoms with E-state index in [1.807, 2.05) is 12.3 Å². The Kier molecular flexibility index (Phi) is 8.75. The van der Waals surface area contributed by atoms with E-state index in [0.717, 1.165) is 31.2 Å². The predicted octanol–water partition coefficient (Wildman–Crippen LogP) is 3.17. The third kappa shape index (κ3) is 8.18. The lowest BCUT2D eigenvalue weighted by molar-refractivity contribution is -0.192. The molecule has 2 heterocycles. The van der Waals surface area contributed by atoms with E-state index in [2.05, 4.69) is 20.9 Å². The molecule has 1 saturated carbocycles. The SMILES string of the molecule is O=C(O)C(F)(F)F.OC1CCC(CN2CCC(CCn3cccn3)CC2)CC1. The second kappa shape index (κ2) is 10.8. The van der Waals surface area contributed by atoms with Gasteiger partial charge in [0.25, 0.3) is 0 Å². The largest absolute Gasteiger partial charge is 0.490 e. The van der Waals surface area contributed by atoms with Crippen LogP contribution in [0.15, 0.2) is 18.5 Å². The summed E-state index contributed by atoms with van der Waals surface area (Å²) < 4.78 is 33.8. The fourth-order valence-corrected chi connectivity index (χ4v) is 3.90. The van der Waals surface area contributed by atoms with E-state index in [9.17, 15) is 18.3 Å². The molecule has 160 valence electrons. The number of aliphatic carboxylic acids is 1. The number of halogens is 3. The zero-order valence-electron chi connectivity index (χ0n) is 16.0. The number of rotatable bonds is 5. The first-order valence-corrected chi connectivity index (χ1v) is 9.92. The van der Waals surface area contributed by atoms with Crippen LogP contribution in [0.25, 0.3) is 0 Å². The number of nitrogens with zero attached hydrogens (tertiary/aromatic N) is 3. The van der Waals surface area contributed by atoms with Crippen LogP contribution in [0, 0.1) is 11.8 Å². The number of aliphatic hydroxyl groups excluding tert-OH is 1. The molecule has 0 unspecified atom stereocenters. The van der Waals surface area contributed by atoms with E-state index in [4.69, 9.17) is 9.90 Å². The fourth-order valence-electron chi connectivity index (χ4n) is 3.90. The number of carbonyl (C=O) groups is 1. The van der Waals surface area contributed by atoms with Crippen molar-refractivity contribution in [2.24, 2.45) is 11.8 Å².